The number of fused-ring (bicyclic) bond motifs is 1. The van der Waals surface area contributed by atoms with E-state index >= 15 is 0 Å². The number of carbonyl (C=O) groups excluding carboxylic acids is 2. The molecule has 2 amide bonds. The molecule has 2 N–H and O–H groups in total. The SMILES string of the molecule is COc1cccc(CNC(=O)C(=O)Nc2c3c(nn2-c2cccc(C)c2)CS(=O)(=O)C3)c1. The first-order chi connectivity index (χ1) is 15.3. The molecular formula is C22H22N4O5S. The van der Waals surface area contributed by atoms with Crippen LogP contribution in [-0.2, 0) is 37.5 Å². The summed E-state index contributed by atoms with van der Waals surface area (Å²) < 4.78 is 30.8. The van der Waals surface area contributed by atoms with Crippen LogP contribution >= 0.6 is 0 Å². The number of methoxy groups -OCH3 is 1. The van der Waals surface area contributed by atoms with E-state index in [1.807, 2.05) is 25.1 Å². The number of sulfone groups is 1. The Kier molecular flexibility index (Phi) is 5.70. The molecule has 0 spiro atoms. The van der Waals surface area contributed by atoms with Gasteiger partial charge in [0, 0.05) is 12.1 Å². The Bertz CT molecular complexity index is 1310. The number of aromatic nitrogens is 2. The molecule has 1 aliphatic rings. The van der Waals surface area contributed by atoms with Gasteiger partial charge in [-0.15, -0.1) is 0 Å². The van der Waals surface area contributed by atoms with Crippen LogP contribution in [0, 0.1) is 6.92 Å². The third-order valence-electron chi connectivity index (χ3n) is 5.06. The second-order valence-corrected chi connectivity index (χ2v) is 9.61. The predicted molar refractivity (Wildman–Crippen MR) is 118 cm³/mol. The van der Waals surface area contributed by atoms with Crippen LogP contribution in [0.1, 0.15) is 22.4 Å². The Labute approximate surface area is 185 Å². The molecule has 1 aromatic heterocycles. The van der Waals surface area contributed by atoms with Crippen molar-refractivity contribution in [2.75, 3.05) is 12.4 Å². The summed E-state index contributed by atoms with van der Waals surface area (Å²) >= 11 is 0. The first-order valence-electron chi connectivity index (χ1n) is 9.86. The van der Waals surface area contributed by atoms with Crippen LogP contribution in [0.25, 0.3) is 5.69 Å². The summed E-state index contributed by atoms with van der Waals surface area (Å²) in [7, 11) is -1.80. The van der Waals surface area contributed by atoms with Crippen molar-refractivity contribution in [1.29, 1.82) is 0 Å². The van der Waals surface area contributed by atoms with Gasteiger partial charge in [-0.1, -0.05) is 24.3 Å². The number of rotatable bonds is 5. The Hall–Kier alpha value is -3.66. The molecule has 4 rings (SSSR count). The highest BCUT2D eigenvalue weighted by molar-refractivity contribution is 7.90. The van der Waals surface area contributed by atoms with Crippen LogP contribution < -0.4 is 15.4 Å². The molecule has 9 nitrogen and oxygen atoms in total. The van der Waals surface area contributed by atoms with Crippen LogP contribution in [-0.4, -0.2) is 37.1 Å². The maximum Gasteiger partial charge on any atom is 0.314 e. The first-order valence-corrected chi connectivity index (χ1v) is 11.7. The number of anilines is 1. The maximum absolute atomic E-state index is 12.6. The summed E-state index contributed by atoms with van der Waals surface area (Å²) in [5.41, 5.74) is 3.17. The number of nitrogens with one attached hydrogen (secondary N) is 2. The minimum Gasteiger partial charge on any atom is -0.497 e. The van der Waals surface area contributed by atoms with E-state index in [-0.39, 0.29) is 23.9 Å². The van der Waals surface area contributed by atoms with Crippen LogP contribution in [0.3, 0.4) is 0 Å². The molecule has 2 heterocycles. The van der Waals surface area contributed by atoms with Crippen LogP contribution in [0.5, 0.6) is 5.75 Å². The average Bonchev–Trinajstić information content (AvgIpc) is 3.24. The molecule has 32 heavy (non-hydrogen) atoms. The molecule has 0 unspecified atom stereocenters. The minimum absolute atomic E-state index is 0.132. The number of carbonyl (C=O) groups is 2. The molecule has 0 fully saturated rings. The summed E-state index contributed by atoms with van der Waals surface area (Å²) in [6.07, 6.45) is 0. The molecule has 0 saturated carbocycles. The first kappa shape index (κ1) is 21.6. The van der Waals surface area contributed by atoms with Crippen LogP contribution in [0.4, 0.5) is 5.82 Å². The van der Waals surface area contributed by atoms with E-state index in [0.717, 1.165) is 11.1 Å². The topological polar surface area (TPSA) is 119 Å². The molecule has 0 radical (unpaired) electrons. The molecule has 3 aromatic rings. The van der Waals surface area contributed by atoms with Gasteiger partial charge in [-0.05, 0) is 42.3 Å². The van der Waals surface area contributed by atoms with Gasteiger partial charge >= 0.3 is 11.8 Å². The van der Waals surface area contributed by atoms with Crippen molar-refractivity contribution in [3.8, 4) is 11.4 Å². The van der Waals surface area contributed by atoms with Gasteiger partial charge in [0.25, 0.3) is 0 Å². The summed E-state index contributed by atoms with van der Waals surface area (Å²) in [4.78, 5) is 25.1. The van der Waals surface area contributed by atoms with Gasteiger partial charge in [0.1, 0.15) is 11.6 Å². The monoisotopic (exact) mass is 454 g/mol. The standard InChI is InChI=1S/C22H22N4O5S/c1-14-5-3-7-16(9-14)26-20(18-12-32(29,30)13-19(18)25-26)24-22(28)21(27)23-11-15-6-4-8-17(10-15)31-2/h3-10H,11-13H2,1-2H3,(H,23,27)(H,24,28). The van der Waals surface area contributed by atoms with E-state index in [0.29, 0.717) is 22.7 Å². The lowest BCUT2D eigenvalue weighted by Gasteiger charge is -2.12. The van der Waals surface area contributed by atoms with E-state index in [4.69, 9.17) is 4.74 Å². The van der Waals surface area contributed by atoms with E-state index in [9.17, 15) is 18.0 Å². The van der Waals surface area contributed by atoms with Gasteiger partial charge in [0.2, 0.25) is 0 Å². The van der Waals surface area contributed by atoms with Gasteiger partial charge in [-0.2, -0.15) is 5.10 Å². The van der Waals surface area contributed by atoms with Crippen molar-refractivity contribution in [1.82, 2.24) is 15.1 Å². The lowest BCUT2D eigenvalue weighted by Crippen LogP contribution is -2.35. The van der Waals surface area contributed by atoms with Gasteiger partial charge < -0.3 is 15.4 Å². The molecular weight excluding hydrogens is 432 g/mol. The number of hydrogen-bond donors (Lipinski definition) is 2. The molecule has 0 aliphatic carbocycles. The van der Waals surface area contributed by atoms with Crippen LogP contribution in [0.15, 0.2) is 48.5 Å². The molecule has 0 saturated heterocycles. The Morgan fingerprint density at radius 2 is 1.88 bits per heavy atom. The fourth-order valence-electron chi connectivity index (χ4n) is 3.53. The highest BCUT2D eigenvalue weighted by Gasteiger charge is 2.33. The lowest BCUT2D eigenvalue weighted by molar-refractivity contribution is -0.136. The quantitative estimate of drug-likeness (QED) is 0.568. The fourth-order valence-corrected chi connectivity index (χ4v) is 5.02. The highest BCUT2D eigenvalue weighted by atomic mass is 32.2. The molecule has 1 aliphatic heterocycles. The third kappa shape index (κ3) is 4.50. The summed E-state index contributed by atoms with van der Waals surface area (Å²) in [5.74, 6) is -1.37. The Balaban J connectivity index is 1.56. The predicted octanol–water partition coefficient (Wildman–Crippen LogP) is 1.87. The largest absolute Gasteiger partial charge is 0.497 e. The number of aryl methyl sites for hydroxylation is 1. The van der Waals surface area contributed by atoms with Crippen molar-refractivity contribution in [2.24, 2.45) is 0 Å². The van der Waals surface area contributed by atoms with Gasteiger partial charge in [-0.3, -0.25) is 9.59 Å². The number of ether oxygens (including phenoxy) is 1. The number of amides is 2. The molecule has 166 valence electrons. The zero-order valence-electron chi connectivity index (χ0n) is 17.6. The van der Waals surface area contributed by atoms with E-state index in [2.05, 4.69) is 15.7 Å². The van der Waals surface area contributed by atoms with Crippen molar-refractivity contribution >= 4 is 27.5 Å². The zero-order chi connectivity index (χ0) is 22.9. The summed E-state index contributed by atoms with van der Waals surface area (Å²) in [5, 5.41) is 9.53. The third-order valence-corrected chi connectivity index (χ3v) is 6.50. The normalized spacial score (nSPS) is 13.9. The lowest BCUT2D eigenvalue weighted by atomic mass is 10.2. The van der Waals surface area contributed by atoms with Crippen molar-refractivity contribution in [2.45, 2.75) is 25.0 Å². The smallest absolute Gasteiger partial charge is 0.314 e. The van der Waals surface area contributed by atoms with E-state index < -0.39 is 21.7 Å². The van der Waals surface area contributed by atoms with Gasteiger partial charge in [0.15, 0.2) is 9.84 Å². The molecule has 10 heteroatoms. The molecule has 0 bridgehead atoms. The highest BCUT2D eigenvalue weighted by Crippen LogP contribution is 2.33. The fraction of sp³-hybridized carbons (Fsp3) is 0.227. The zero-order valence-corrected chi connectivity index (χ0v) is 18.4. The van der Waals surface area contributed by atoms with Crippen molar-refractivity contribution < 1.29 is 22.7 Å². The minimum atomic E-state index is -3.34. The Morgan fingerprint density at radius 1 is 1.09 bits per heavy atom. The average molecular weight is 455 g/mol. The van der Waals surface area contributed by atoms with E-state index in [1.165, 1.54) is 4.68 Å². The number of nitrogens with zero attached hydrogens (tertiary/aromatic N) is 2. The van der Waals surface area contributed by atoms with Crippen molar-refractivity contribution in [3.63, 3.8) is 0 Å². The molecule has 0 atom stereocenters. The summed E-state index contributed by atoms with van der Waals surface area (Å²) in [6.45, 7) is 2.04. The number of benzene rings is 2. The number of hydrogen-bond acceptors (Lipinski definition) is 6. The van der Waals surface area contributed by atoms with E-state index in [1.54, 1.807) is 37.4 Å². The molecule has 2 aromatic carbocycles. The van der Waals surface area contributed by atoms with Crippen molar-refractivity contribution in [3.05, 3.63) is 70.9 Å². The summed E-state index contributed by atoms with van der Waals surface area (Å²) in [6, 6.07) is 14.5. The van der Waals surface area contributed by atoms with Crippen LogP contribution in [0.2, 0.25) is 0 Å². The second-order valence-electron chi connectivity index (χ2n) is 7.55. The van der Waals surface area contributed by atoms with Gasteiger partial charge in [-0.25, -0.2) is 13.1 Å². The second kappa shape index (κ2) is 8.46. The maximum atomic E-state index is 12.6. The van der Waals surface area contributed by atoms with Gasteiger partial charge in [0.05, 0.1) is 30.0 Å². The Morgan fingerprint density at radius 3 is 2.62 bits per heavy atom.